The molecule has 0 fully saturated rings. The molecule has 1 rings (SSSR count). The van der Waals surface area contributed by atoms with Gasteiger partial charge < -0.3 is 15.3 Å². The summed E-state index contributed by atoms with van der Waals surface area (Å²) in [5.74, 6) is 0. The van der Waals surface area contributed by atoms with E-state index in [1.807, 2.05) is 38.1 Å². The van der Waals surface area contributed by atoms with E-state index in [2.05, 4.69) is 33.4 Å². The van der Waals surface area contributed by atoms with E-state index in [4.69, 9.17) is 0 Å². The van der Waals surface area contributed by atoms with E-state index >= 15 is 0 Å². The van der Waals surface area contributed by atoms with Gasteiger partial charge in [0, 0.05) is 24.1 Å². The monoisotopic (exact) mass is 300 g/mol. The number of hydrogen-bond donors (Lipinski definition) is 2. The average molecular weight is 301 g/mol. The van der Waals surface area contributed by atoms with Gasteiger partial charge in [0.25, 0.3) is 0 Å². The molecule has 0 aromatic heterocycles. The third-order valence-electron chi connectivity index (χ3n) is 2.41. The highest BCUT2D eigenvalue weighted by Crippen LogP contribution is 2.10. The molecule has 2 N–H and O–H groups in total. The van der Waals surface area contributed by atoms with E-state index in [0.29, 0.717) is 13.1 Å². The molecule has 0 bridgehead atoms. The lowest BCUT2D eigenvalue weighted by Gasteiger charge is -2.27. The van der Waals surface area contributed by atoms with Crippen LogP contribution in [0, 0.1) is 0 Å². The van der Waals surface area contributed by atoms with Crippen LogP contribution < -0.4 is 5.32 Å². The summed E-state index contributed by atoms with van der Waals surface area (Å²) >= 11 is 3.41. The van der Waals surface area contributed by atoms with Crippen LogP contribution in [0.5, 0.6) is 0 Å². The zero-order chi connectivity index (χ0) is 12.9. The summed E-state index contributed by atoms with van der Waals surface area (Å²) in [6, 6.07) is 8.18. The Morgan fingerprint density at radius 1 is 1.29 bits per heavy atom. The molecule has 0 heterocycles. The van der Waals surface area contributed by atoms with Crippen LogP contribution in [-0.4, -0.2) is 42.8 Å². The van der Waals surface area contributed by atoms with Gasteiger partial charge in [0.2, 0.25) is 0 Å². The van der Waals surface area contributed by atoms with E-state index in [1.165, 1.54) is 5.56 Å². The fourth-order valence-electron chi connectivity index (χ4n) is 1.82. The normalized spacial score (nSPS) is 14.9. The highest BCUT2D eigenvalue weighted by molar-refractivity contribution is 9.10. The maximum atomic E-state index is 10.1. The minimum atomic E-state index is -0.696. The molecule has 4 heteroatoms. The second kappa shape index (κ2) is 6.50. The topological polar surface area (TPSA) is 35.5 Å². The lowest BCUT2D eigenvalue weighted by Crippen LogP contribution is -2.45. The highest BCUT2D eigenvalue weighted by Gasteiger charge is 2.20. The van der Waals surface area contributed by atoms with Crippen LogP contribution >= 0.6 is 15.9 Å². The molecule has 0 amide bonds. The Balaban J connectivity index is 2.34. The number of halogens is 1. The summed E-state index contributed by atoms with van der Waals surface area (Å²) < 4.78 is 1.08. The summed E-state index contributed by atoms with van der Waals surface area (Å²) in [7, 11) is 3.92. The number of aliphatic hydroxyl groups is 1. The van der Waals surface area contributed by atoms with Crippen molar-refractivity contribution in [2.75, 3.05) is 27.2 Å². The van der Waals surface area contributed by atoms with Gasteiger partial charge in [0.15, 0.2) is 0 Å². The van der Waals surface area contributed by atoms with Crippen LogP contribution in [-0.2, 0) is 6.54 Å². The Morgan fingerprint density at radius 2 is 1.88 bits per heavy atom. The van der Waals surface area contributed by atoms with Gasteiger partial charge in [-0.3, -0.25) is 0 Å². The van der Waals surface area contributed by atoms with E-state index < -0.39 is 5.60 Å². The average Bonchev–Trinajstić information content (AvgIpc) is 2.18. The third-order valence-corrected chi connectivity index (χ3v) is 2.93. The third kappa shape index (κ3) is 6.17. The van der Waals surface area contributed by atoms with Gasteiger partial charge in [-0.25, -0.2) is 0 Å². The van der Waals surface area contributed by atoms with E-state index in [1.54, 1.807) is 0 Å². The van der Waals surface area contributed by atoms with Crippen molar-refractivity contribution in [3.05, 3.63) is 34.3 Å². The Hall–Kier alpha value is -0.420. The Labute approximate surface area is 112 Å². The van der Waals surface area contributed by atoms with Crippen molar-refractivity contribution in [2.45, 2.75) is 19.1 Å². The van der Waals surface area contributed by atoms with Gasteiger partial charge in [-0.05, 0) is 38.7 Å². The molecule has 0 saturated heterocycles. The summed E-state index contributed by atoms with van der Waals surface area (Å²) in [6.07, 6.45) is 0. The number of likely N-dealkylation sites (N-methyl/N-ethyl adjacent to an activating group) is 1. The van der Waals surface area contributed by atoms with Crippen molar-refractivity contribution in [1.29, 1.82) is 0 Å². The van der Waals surface area contributed by atoms with Crippen LogP contribution in [0.4, 0.5) is 0 Å². The van der Waals surface area contributed by atoms with Crippen LogP contribution in [0.25, 0.3) is 0 Å². The van der Waals surface area contributed by atoms with Crippen LogP contribution in [0.2, 0.25) is 0 Å². The quantitative estimate of drug-likeness (QED) is 0.842. The van der Waals surface area contributed by atoms with Gasteiger partial charge in [0.1, 0.15) is 0 Å². The minimum Gasteiger partial charge on any atom is -0.388 e. The fraction of sp³-hybridized carbons (Fsp3) is 0.538. The first kappa shape index (κ1) is 14.6. The summed E-state index contributed by atoms with van der Waals surface area (Å²) in [5, 5.41) is 13.4. The number of nitrogens with one attached hydrogen (secondary N) is 1. The predicted molar refractivity (Wildman–Crippen MR) is 75.0 cm³/mol. The fourth-order valence-corrected chi connectivity index (χ4v) is 2.08. The van der Waals surface area contributed by atoms with Crippen LogP contribution in [0.1, 0.15) is 12.5 Å². The van der Waals surface area contributed by atoms with Gasteiger partial charge >= 0.3 is 0 Å². The minimum absolute atomic E-state index is 0.585. The molecular weight excluding hydrogens is 280 g/mol. The maximum Gasteiger partial charge on any atom is 0.0869 e. The molecule has 3 nitrogen and oxygen atoms in total. The molecule has 1 unspecified atom stereocenters. The lowest BCUT2D eigenvalue weighted by molar-refractivity contribution is 0.0336. The zero-order valence-electron chi connectivity index (χ0n) is 10.7. The molecular formula is C13H21BrN2O. The molecule has 17 heavy (non-hydrogen) atoms. The molecule has 1 atom stereocenters. The van der Waals surface area contributed by atoms with Crippen molar-refractivity contribution in [2.24, 2.45) is 0 Å². The largest absolute Gasteiger partial charge is 0.388 e. The maximum absolute atomic E-state index is 10.1. The van der Waals surface area contributed by atoms with Crippen molar-refractivity contribution < 1.29 is 5.11 Å². The molecule has 0 aliphatic rings. The molecule has 0 saturated carbocycles. The number of nitrogens with zero attached hydrogens (tertiary/aromatic N) is 1. The van der Waals surface area contributed by atoms with Crippen molar-refractivity contribution in [1.82, 2.24) is 10.2 Å². The lowest BCUT2D eigenvalue weighted by atomic mass is 10.1. The Bertz CT molecular complexity index is 336. The summed E-state index contributed by atoms with van der Waals surface area (Å²) in [5.41, 5.74) is 0.521. The second-order valence-corrected chi connectivity index (χ2v) is 5.88. The Morgan fingerprint density at radius 3 is 2.41 bits per heavy atom. The van der Waals surface area contributed by atoms with Crippen molar-refractivity contribution in [3.63, 3.8) is 0 Å². The predicted octanol–water partition coefficient (Wildman–Crippen LogP) is 1.85. The SMILES string of the molecule is CN(C)CC(C)(O)CNCc1ccc(Br)cc1. The standard InChI is InChI=1S/C13H21BrN2O/c1-13(17,10-16(2)3)9-15-8-11-4-6-12(14)7-5-11/h4-7,15,17H,8-10H2,1-3H3. The molecule has 0 aliphatic carbocycles. The van der Waals surface area contributed by atoms with Gasteiger partial charge in [0.05, 0.1) is 5.60 Å². The Kier molecular flexibility index (Phi) is 5.59. The van der Waals surface area contributed by atoms with E-state index in [0.717, 1.165) is 11.0 Å². The first-order chi connectivity index (χ1) is 7.89. The van der Waals surface area contributed by atoms with Crippen LogP contribution in [0.3, 0.4) is 0 Å². The highest BCUT2D eigenvalue weighted by atomic mass is 79.9. The molecule has 96 valence electrons. The molecule has 0 radical (unpaired) electrons. The van der Waals surface area contributed by atoms with Gasteiger partial charge in [-0.15, -0.1) is 0 Å². The molecule has 1 aromatic rings. The van der Waals surface area contributed by atoms with Crippen molar-refractivity contribution >= 4 is 15.9 Å². The first-order valence-corrected chi connectivity index (χ1v) is 6.51. The van der Waals surface area contributed by atoms with E-state index in [-0.39, 0.29) is 0 Å². The second-order valence-electron chi connectivity index (χ2n) is 4.96. The van der Waals surface area contributed by atoms with E-state index in [9.17, 15) is 5.11 Å². The molecule has 0 spiro atoms. The van der Waals surface area contributed by atoms with Crippen LogP contribution in [0.15, 0.2) is 28.7 Å². The molecule has 1 aromatic carbocycles. The first-order valence-electron chi connectivity index (χ1n) is 5.71. The summed E-state index contributed by atoms with van der Waals surface area (Å²) in [6.45, 7) is 3.86. The van der Waals surface area contributed by atoms with Gasteiger partial charge in [-0.2, -0.15) is 0 Å². The smallest absolute Gasteiger partial charge is 0.0869 e. The zero-order valence-corrected chi connectivity index (χ0v) is 12.3. The van der Waals surface area contributed by atoms with Gasteiger partial charge in [-0.1, -0.05) is 28.1 Å². The molecule has 0 aliphatic heterocycles. The number of benzene rings is 1. The summed E-state index contributed by atoms with van der Waals surface area (Å²) in [4.78, 5) is 1.99. The number of hydrogen-bond acceptors (Lipinski definition) is 3. The number of rotatable bonds is 6. The van der Waals surface area contributed by atoms with Crippen molar-refractivity contribution in [3.8, 4) is 0 Å².